The van der Waals surface area contributed by atoms with Gasteiger partial charge in [-0.3, -0.25) is 0 Å². The first-order valence-electron chi connectivity index (χ1n) is 8.86. The summed E-state index contributed by atoms with van der Waals surface area (Å²) in [5.74, 6) is 0.758. The molecule has 8 heteroatoms. The molecule has 138 valence electrons. The first kappa shape index (κ1) is 17.8. The molecule has 0 atom stereocenters. The van der Waals surface area contributed by atoms with Crippen molar-refractivity contribution in [3.63, 3.8) is 0 Å². The van der Waals surface area contributed by atoms with Gasteiger partial charge in [0.05, 0.1) is 5.39 Å². The molecule has 0 bridgehead atoms. The van der Waals surface area contributed by atoms with Gasteiger partial charge in [0.25, 0.3) is 0 Å². The van der Waals surface area contributed by atoms with Crippen LogP contribution in [0.2, 0.25) is 5.02 Å². The van der Waals surface area contributed by atoms with Crippen LogP contribution >= 0.6 is 46.5 Å². The number of nitrogens with zero attached hydrogens (tertiary/aromatic N) is 4. The number of rotatable bonds is 4. The molecule has 0 saturated carbocycles. The lowest BCUT2D eigenvalue weighted by molar-refractivity contribution is 0.700. The minimum atomic E-state index is 0.758. The number of hydrogen-bond donors (Lipinski definition) is 0. The van der Waals surface area contributed by atoms with E-state index in [2.05, 4.69) is 26.9 Å². The quantitative estimate of drug-likeness (QED) is 0.297. The van der Waals surface area contributed by atoms with Crippen LogP contribution in [0.25, 0.3) is 15.9 Å². The Balaban J connectivity index is 1.63. The van der Waals surface area contributed by atoms with Crippen LogP contribution in [0.3, 0.4) is 0 Å². The second-order valence-electron chi connectivity index (χ2n) is 6.51. The Labute approximate surface area is 174 Å². The molecule has 0 spiro atoms. The molecule has 0 radical (unpaired) electrons. The number of halogens is 1. The molecule has 0 unspecified atom stereocenters. The number of fused-ring (bicyclic) bond motifs is 5. The van der Waals surface area contributed by atoms with Crippen LogP contribution in [0.5, 0.6) is 0 Å². The fourth-order valence-electron chi connectivity index (χ4n) is 3.59. The molecule has 1 aromatic carbocycles. The van der Waals surface area contributed by atoms with Gasteiger partial charge in [-0.15, -0.1) is 21.5 Å². The van der Waals surface area contributed by atoms with Crippen molar-refractivity contribution in [3.05, 3.63) is 45.3 Å². The lowest BCUT2D eigenvalue weighted by Crippen LogP contribution is -2.00. The Hall–Kier alpha value is -1.28. The molecule has 4 aromatic rings. The van der Waals surface area contributed by atoms with Crippen LogP contribution in [0.15, 0.2) is 34.6 Å². The van der Waals surface area contributed by atoms with E-state index in [0.717, 1.165) is 43.6 Å². The number of thioether (sulfide) groups is 2. The van der Waals surface area contributed by atoms with Gasteiger partial charge in [-0.1, -0.05) is 53.3 Å². The second kappa shape index (κ2) is 7.28. The predicted molar refractivity (Wildman–Crippen MR) is 116 cm³/mol. The maximum Gasteiger partial charge on any atom is 0.198 e. The third-order valence-corrected chi connectivity index (χ3v) is 8.07. The van der Waals surface area contributed by atoms with Crippen molar-refractivity contribution in [1.29, 1.82) is 0 Å². The predicted octanol–water partition coefficient (Wildman–Crippen LogP) is 5.89. The Kier molecular flexibility index (Phi) is 4.80. The molecule has 0 amide bonds. The molecule has 0 fully saturated rings. The number of aryl methyl sites for hydroxylation is 2. The van der Waals surface area contributed by atoms with E-state index in [1.165, 1.54) is 35.1 Å². The van der Waals surface area contributed by atoms with Crippen molar-refractivity contribution >= 4 is 62.3 Å². The monoisotopic (exact) mass is 432 g/mol. The SMILES string of the molecule is CSc1nc2sc3c(c2c2nnc(SCc4ccccc4Cl)n12)CCCC3. The minimum Gasteiger partial charge on any atom is -0.248 e. The Morgan fingerprint density at radius 1 is 1.15 bits per heavy atom. The van der Waals surface area contributed by atoms with Crippen LogP contribution in [0, 0.1) is 0 Å². The van der Waals surface area contributed by atoms with Gasteiger partial charge in [-0.2, -0.15) is 0 Å². The topological polar surface area (TPSA) is 43.1 Å². The highest BCUT2D eigenvalue weighted by Crippen LogP contribution is 2.39. The zero-order valence-electron chi connectivity index (χ0n) is 14.7. The van der Waals surface area contributed by atoms with E-state index in [1.54, 1.807) is 23.5 Å². The van der Waals surface area contributed by atoms with E-state index >= 15 is 0 Å². The summed E-state index contributed by atoms with van der Waals surface area (Å²) < 4.78 is 2.12. The maximum absolute atomic E-state index is 6.31. The van der Waals surface area contributed by atoms with E-state index in [9.17, 15) is 0 Å². The Morgan fingerprint density at radius 2 is 2.00 bits per heavy atom. The highest BCUT2D eigenvalue weighted by Gasteiger charge is 2.23. The van der Waals surface area contributed by atoms with Gasteiger partial charge in [0.1, 0.15) is 4.83 Å². The average molecular weight is 433 g/mol. The van der Waals surface area contributed by atoms with Crippen LogP contribution < -0.4 is 0 Å². The van der Waals surface area contributed by atoms with Crippen molar-refractivity contribution in [2.45, 2.75) is 41.7 Å². The fourth-order valence-corrected chi connectivity index (χ4v) is 6.72. The summed E-state index contributed by atoms with van der Waals surface area (Å²) in [7, 11) is 0. The van der Waals surface area contributed by atoms with Crippen molar-refractivity contribution in [2.24, 2.45) is 0 Å². The molecule has 0 saturated heterocycles. The van der Waals surface area contributed by atoms with Gasteiger partial charge in [0.2, 0.25) is 0 Å². The normalized spacial score (nSPS) is 14.1. The lowest BCUT2D eigenvalue weighted by Gasteiger charge is -2.10. The van der Waals surface area contributed by atoms with E-state index in [4.69, 9.17) is 16.6 Å². The molecule has 0 N–H and O–H groups in total. The van der Waals surface area contributed by atoms with Crippen molar-refractivity contribution in [1.82, 2.24) is 19.6 Å². The van der Waals surface area contributed by atoms with Gasteiger partial charge in [0, 0.05) is 15.7 Å². The minimum absolute atomic E-state index is 0.758. The first-order chi connectivity index (χ1) is 13.3. The van der Waals surface area contributed by atoms with Gasteiger partial charge >= 0.3 is 0 Å². The number of thiophene rings is 1. The molecule has 5 rings (SSSR count). The Bertz CT molecular complexity index is 1150. The van der Waals surface area contributed by atoms with Gasteiger partial charge in [0.15, 0.2) is 16.0 Å². The molecule has 0 aliphatic heterocycles. The summed E-state index contributed by atoms with van der Waals surface area (Å²) in [4.78, 5) is 7.55. The van der Waals surface area contributed by atoms with Crippen LogP contribution in [-0.4, -0.2) is 25.8 Å². The summed E-state index contributed by atoms with van der Waals surface area (Å²) >= 11 is 11.4. The summed E-state index contributed by atoms with van der Waals surface area (Å²) in [5, 5.41) is 12.9. The van der Waals surface area contributed by atoms with Crippen LogP contribution in [-0.2, 0) is 18.6 Å². The molecular formula is C19H17ClN4S3. The van der Waals surface area contributed by atoms with Crippen molar-refractivity contribution in [3.8, 4) is 0 Å². The molecule has 1 aliphatic carbocycles. The number of hydrogen-bond acceptors (Lipinski definition) is 6. The summed E-state index contributed by atoms with van der Waals surface area (Å²) in [6.07, 6.45) is 6.87. The van der Waals surface area contributed by atoms with E-state index in [1.807, 2.05) is 29.5 Å². The van der Waals surface area contributed by atoms with Gasteiger partial charge < -0.3 is 0 Å². The average Bonchev–Trinajstić information content (AvgIpc) is 3.27. The van der Waals surface area contributed by atoms with Crippen molar-refractivity contribution in [2.75, 3.05) is 6.26 Å². The molecule has 27 heavy (non-hydrogen) atoms. The molecule has 3 heterocycles. The maximum atomic E-state index is 6.31. The Morgan fingerprint density at radius 3 is 2.85 bits per heavy atom. The molecule has 1 aliphatic rings. The van der Waals surface area contributed by atoms with Crippen molar-refractivity contribution < 1.29 is 0 Å². The van der Waals surface area contributed by atoms with Gasteiger partial charge in [-0.25, -0.2) is 9.38 Å². The summed E-state index contributed by atoms with van der Waals surface area (Å²) in [5.41, 5.74) is 3.50. The van der Waals surface area contributed by atoms with E-state index in [0.29, 0.717) is 0 Å². The highest BCUT2D eigenvalue weighted by molar-refractivity contribution is 7.99. The second-order valence-corrected chi connectivity index (χ2v) is 9.72. The standard InChI is InChI=1S/C19H17ClN4S3/c1-25-18-21-17-15(12-7-3-5-9-14(12)27-17)16-22-23-19(24(16)18)26-10-11-6-2-4-8-13(11)20/h2,4,6,8H,3,5,7,9-10H2,1H3. The largest absolute Gasteiger partial charge is 0.248 e. The molecule has 4 nitrogen and oxygen atoms in total. The highest BCUT2D eigenvalue weighted by atomic mass is 35.5. The molecular weight excluding hydrogens is 416 g/mol. The van der Waals surface area contributed by atoms with E-state index < -0.39 is 0 Å². The number of benzene rings is 1. The summed E-state index contributed by atoms with van der Waals surface area (Å²) in [6, 6.07) is 7.95. The fraction of sp³-hybridized carbons (Fsp3) is 0.316. The molecule has 3 aromatic heterocycles. The first-order valence-corrected chi connectivity index (χ1v) is 12.3. The van der Waals surface area contributed by atoms with Gasteiger partial charge in [-0.05, 0) is 49.1 Å². The lowest BCUT2D eigenvalue weighted by atomic mass is 9.97. The third-order valence-electron chi connectivity index (χ3n) is 4.90. The number of aromatic nitrogens is 4. The summed E-state index contributed by atoms with van der Waals surface area (Å²) in [6.45, 7) is 0. The zero-order chi connectivity index (χ0) is 18.4. The van der Waals surface area contributed by atoms with E-state index in [-0.39, 0.29) is 0 Å². The zero-order valence-corrected chi connectivity index (χ0v) is 17.9. The van der Waals surface area contributed by atoms with Crippen LogP contribution in [0.4, 0.5) is 0 Å². The third kappa shape index (κ3) is 3.05. The van der Waals surface area contributed by atoms with Crippen LogP contribution in [0.1, 0.15) is 28.8 Å². The smallest absolute Gasteiger partial charge is 0.198 e.